The lowest BCUT2D eigenvalue weighted by Crippen LogP contribution is -2.07. The summed E-state index contributed by atoms with van der Waals surface area (Å²) in [5.74, 6) is -0.307. The van der Waals surface area contributed by atoms with Crippen LogP contribution in [0.4, 0.5) is 0 Å². The van der Waals surface area contributed by atoms with Crippen LogP contribution in [-0.2, 0) is 9.47 Å². The lowest BCUT2D eigenvalue weighted by molar-refractivity contribution is 0.0600. The summed E-state index contributed by atoms with van der Waals surface area (Å²) < 4.78 is 10.8. The predicted molar refractivity (Wildman–Crippen MR) is 69.0 cm³/mol. The van der Waals surface area contributed by atoms with E-state index in [0.29, 0.717) is 5.56 Å². The predicted octanol–water partition coefficient (Wildman–Crippen LogP) is 3.00. The number of carbonyl (C=O) groups is 1. The molecule has 0 saturated carbocycles. The van der Waals surface area contributed by atoms with Crippen LogP contribution in [0.1, 0.15) is 44.8 Å². The van der Waals surface area contributed by atoms with Gasteiger partial charge in [0.2, 0.25) is 0 Å². The van der Waals surface area contributed by atoms with Gasteiger partial charge in [0.15, 0.2) is 0 Å². The van der Waals surface area contributed by atoms with Crippen molar-refractivity contribution < 1.29 is 14.3 Å². The molecule has 2 atom stereocenters. The Bertz CT molecular complexity index is 690. The second-order valence-corrected chi connectivity index (χ2v) is 4.86. The van der Waals surface area contributed by atoms with Crippen molar-refractivity contribution in [2.24, 2.45) is 0 Å². The van der Waals surface area contributed by atoms with E-state index in [-0.39, 0.29) is 18.2 Å². The van der Waals surface area contributed by atoms with Crippen LogP contribution in [0.25, 0.3) is 0 Å². The lowest BCUT2D eigenvalue weighted by atomic mass is 9.85. The minimum absolute atomic E-state index is 0.0166. The maximum Gasteiger partial charge on any atom is 0.337 e. The first-order valence-electron chi connectivity index (χ1n) is 6.26. The second-order valence-electron chi connectivity index (χ2n) is 4.86. The Kier molecular flexibility index (Phi) is 2.09. The average molecular weight is 252 g/mol. The molecule has 2 aromatic carbocycles. The van der Waals surface area contributed by atoms with Gasteiger partial charge >= 0.3 is 5.97 Å². The number of carbonyl (C=O) groups excluding carboxylic acids is 1. The molecule has 94 valence electrons. The third-order valence-corrected chi connectivity index (χ3v) is 3.91. The van der Waals surface area contributed by atoms with E-state index in [4.69, 9.17) is 9.47 Å². The molecule has 3 nitrogen and oxygen atoms in total. The minimum atomic E-state index is -0.307. The zero-order valence-electron chi connectivity index (χ0n) is 10.4. The Morgan fingerprint density at radius 1 is 1.00 bits per heavy atom. The number of ether oxygens (including phenoxy) is 2. The van der Waals surface area contributed by atoms with Gasteiger partial charge in [-0.05, 0) is 34.4 Å². The molecule has 0 aliphatic carbocycles. The van der Waals surface area contributed by atoms with E-state index in [1.165, 1.54) is 18.2 Å². The van der Waals surface area contributed by atoms with Gasteiger partial charge in [0.25, 0.3) is 0 Å². The highest BCUT2D eigenvalue weighted by molar-refractivity contribution is 5.89. The summed E-state index contributed by atoms with van der Waals surface area (Å²) in [6.45, 7) is 0. The molecule has 0 amide bonds. The zero-order chi connectivity index (χ0) is 13.0. The smallest absolute Gasteiger partial charge is 0.337 e. The van der Waals surface area contributed by atoms with Crippen molar-refractivity contribution in [2.75, 3.05) is 7.11 Å². The Morgan fingerprint density at radius 2 is 1.63 bits per heavy atom. The van der Waals surface area contributed by atoms with Crippen molar-refractivity contribution in [2.45, 2.75) is 12.2 Å². The SMILES string of the molecule is COC(=O)c1ccc2c(c1)C1OC2c2ccccc21. The molecule has 0 fully saturated rings. The van der Waals surface area contributed by atoms with Gasteiger partial charge in [-0.15, -0.1) is 0 Å². The van der Waals surface area contributed by atoms with Gasteiger partial charge in [-0.3, -0.25) is 0 Å². The summed E-state index contributed by atoms with van der Waals surface area (Å²) >= 11 is 0. The molecular formula is C16H12O3. The van der Waals surface area contributed by atoms with E-state index in [0.717, 1.165) is 11.1 Å². The topological polar surface area (TPSA) is 35.5 Å². The molecule has 0 spiro atoms. The van der Waals surface area contributed by atoms with E-state index in [1.807, 2.05) is 24.3 Å². The summed E-state index contributed by atoms with van der Waals surface area (Å²) in [4.78, 5) is 11.6. The minimum Gasteiger partial charge on any atom is -0.465 e. The highest BCUT2D eigenvalue weighted by Crippen LogP contribution is 2.53. The highest BCUT2D eigenvalue weighted by atomic mass is 16.5. The molecule has 2 bridgehead atoms. The van der Waals surface area contributed by atoms with Crippen molar-refractivity contribution in [3.05, 3.63) is 70.3 Å². The molecule has 2 aliphatic heterocycles. The van der Waals surface area contributed by atoms with Crippen LogP contribution in [0.15, 0.2) is 42.5 Å². The molecule has 0 radical (unpaired) electrons. The zero-order valence-corrected chi connectivity index (χ0v) is 10.4. The molecular weight excluding hydrogens is 240 g/mol. The average Bonchev–Trinajstić information content (AvgIpc) is 3.03. The third kappa shape index (κ3) is 1.33. The summed E-state index contributed by atoms with van der Waals surface area (Å²) in [6.07, 6.45) is -0.0243. The summed E-state index contributed by atoms with van der Waals surface area (Å²) in [6, 6.07) is 13.9. The standard InChI is InChI=1S/C16H12O3/c1-18-16(17)9-6-7-12-13(8-9)15-11-5-3-2-4-10(11)14(12)19-15/h2-8,14-15H,1H3. The number of rotatable bonds is 1. The first kappa shape index (κ1) is 10.8. The van der Waals surface area contributed by atoms with Crippen molar-refractivity contribution in [3.8, 4) is 0 Å². The molecule has 2 aromatic rings. The van der Waals surface area contributed by atoms with Gasteiger partial charge in [0, 0.05) is 0 Å². The van der Waals surface area contributed by atoms with Crippen LogP contribution >= 0.6 is 0 Å². The number of hydrogen-bond acceptors (Lipinski definition) is 3. The van der Waals surface area contributed by atoms with Gasteiger partial charge < -0.3 is 9.47 Å². The highest BCUT2D eigenvalue weighted by Gasteiger charge is 2.42. The maximum atomic E-state index is 11.6. The van der Waals surface area contributed by atoms with Gasteiger partial charge in [-0.25, -0.2) is 4.79 Å². The Morgan fingerprint density at radius 3 is 2.32 bits per heavy atom. The fraction of sp³-hybridized carbons (Fsp3) is 0.188. The largest absolute Gasteiger partial charge is 0.465 e. The second kappa shape index (κ2) is 3.68. The number of methoxy groups -OCH3 is 1. The monoisotopic (exact) mass is 252 g/mol. The van der Waals surface area contributed by atoms with E-state index in [2.05, 4.69) is 12.1 Å². The first-order chi connectivity index (χ1) is 9.29. The molecule has 0 N–H and O–H groups in total. The molecule has 4 rings (SSSR count). The third-order valence-electron chi connectivity index (χ3n) is 3.91. The fourth-order valence-corrected chi connectivity index (χ4v) is 3.04. The van der Waals surface area contributed by atoms with Crippen molar-refractivity contribution >= 4 is 5.97 Å². The van der Waals surface area contributed by atoms with Crippen LogP contribution in [0, 0.1) is 0 Å². The number of fused-ring (bicyclic) bond motifs is 8. The molecule has 0 saturated heterocycles. The lowest BCUT2D eigenvalue weighted by Gasteiger charge is -2.15. The number of hydrogen-bond donors (Lipinski definition) is 0. The molecule has 2 unspecified atom stereocenters. The van der Waals surface area contributed by atoms with Gasteiger partial charge in [-0.1, -0.05) is 30.3 Å². The summed E-state index contributed by atoms with van der Waals surface area (Å²) in [5.41, 5.74) is 5.28. The molecule has 2 aliphatic rings. The van der Waals surface area contributed by atoms with Gasteiger partial charge in [-0.2, -0.15) is 0 Å². The first-order valence-corrected chi connectivity index (χ1v) is 6.26. The van der Waals surface area contributed by atoms with Crippen LogP contribution < -0.4 is 0 Å². The Labute approximate surface area is 110 Å². The van der Waals surface area contributed by atoms with Crippen molar-refractivity contribution in [3.63, 3.8) is 0 Å². The van der Waals surface area contributed by atoms with Crippen LogP contribution in [0.5, 0.6) is 0 Å². The van der Waals surface area contributed by atoms with Crippen LogP contribution in [0.2, 0.25) is 0 Å². The van der Waals surface area contributed by atoms with Crippen LogP contribution in [-0.4, -0.2) is 13.1 Å². The molecule has 2 heterocycles. The van der Waals surface area contributed by atoms with Crippen molar-refractivity contribution in [1.82, 2.24) is 0 Å². The number of esters is 1. The van der Waals surface area contributed by atoms with Crippen LogP contribution in [0.3, 0.4) is 0 Å². The van der Waals surface area contributed by atoms with Gasteiger partial charge in [0.05, 0.1) is 12.7 Å². The van der Waals surface area contributed by atoms with E-state index < -0.39 is 0 Å². The molecule has 19 heavy (non-hydrogen) atoms. The van der Waals surface area contributed by atoms with Gasteiger partial charge in [0.1, 0.15) is 12.2 Å². The summed E-state index contributed by atoms with van der Waals surface area (Å²) in [7, 11) is 1.40. The van der Waals surface area contributed by atoms with E-state index in [9.17, 15) is 4.79 Å². The number of benzene rings is 2. The fourth-order valence-electron chi connectivity index (χ4n) is 3.04. The molecule has 0 aromatic heterocycles. The van der Waals surface area contributed by atoms with E-state index >= 15 is 0 Å². The normalized spacial score (nSPS) is 21.9. The molecule has 3 heteroatoms. The maximum absolute atomic E-state index is 11.6. The quantitative estimate of drug-likeness (QED) is 0.732. The van der Waals surface area contributed by atoms with Crippen molar-refractivity contribution in [1.29, 1.82) is 0 Å². The van der Waals surface area contributed by atoms with E-state index in [1.54, 1.807) is 6.07 Å². The Hall–Kier alpha value is -2.13. The Balaban J connectivity index is 1.86. The summed E-state index contributed by atoms with van der Waals surface area (Å²) in [5, 5.41) is 0.